The molecular formula is C18H15N5OS. The largest absolute Gasteiger partial charge is 0.356 e. The van der Waals surface area contributed by atoms with E-state index in [4.69, 9.17) is 9.51 Å². The number of thiophene rings is 1. The number of anilines is 1. The van der Waals surface area contributed by atoms with Crippen LogP contribution in [0, 0.1) is 6.92 Å². The zero-order valence-electron chi connectivity index (χ0n) is 13.5. The summed E-state index contributed by atoms with van der Waals surface area (Å²) in [5.74, 6) is 1.24. The highest BCUT2D eigenvalue weighted by Crippen LogP contribution is 2.33. The van der Waals surface area contributed by atoms with Gasteiger partial charge in [-0.15, -0.1) is 11.3 Å². The number of nitrogens with zero attached hydrogens (tertiary/aromatic N) is 4. The number of hydrogen-bond acceptors (Lipinski definition) is 7. The molecule has 0 bridgehead atoms. The molecule has 4 heterocycles. The summed E-state index contributed by atoms with van der Waals surface area (Å²) in [6.45, 7) is 2.52. The molecule has 0 unspecified atom stereocenters. The van der Waals surface area contributed by atoms with Gasteiger partial charge in [0.05, 0.1) is 21.8 Å². The molecule has 0 amide bonds. The van der Waals surface area contributed by atoms with Gasteiger partial charge in [0.2, 0.25) is 5.95 Å². The predicted octanol–water partition coefficient (Wildman–Crippen LogP) is 4.18. The van der Waals surface area contributed by atoms with Crippen molar-refractivity contribution in [1.82, 2.24) is 20.1 Å². The van der Waals surface area contributed by atoms with Crippen LogP contribution in [0.15, 0.2) is 58.8 Å². The van der Waals surface area contributed by atoms with Gasteiger partial charge in [0.15, 0.2) is 5.76 Å². The Kier molecular flexibility index (Phi) is 4.22. The number of nitrogens with one attached hydrogen (secondary N) is 1. The summed E-state index contributed by atoms with van der Waals surface area (Å²) in [5.41, 5.74) is 3.61. The molecule has 6 nitrogen and oxygen atoms in total. The summed E-state index contributed by atoms with van der Waals surface area (Å²) in [7, 11) is 0. The lowest BCUT2D eigenvalue weighted by atomic mass is 10.1. The first-order valence-electron chi connectivity index (χ1n) is 7.77. The fraction of sp³-hybridized carbons (Fsp3) is 0.111. The molecule has 0 radical (unpaired) electrons. The molecular weight excluding hydrogens is 334 g/mol. The van der Waals surface area contributed by atoms with Crippen molar-refractivity contribution in [3.8, 4) is 21.9 Å². The first-order chi connectivity index (χ1) is 12.3. The zero-order chi connectivity index (χ0) is 17.1. The first kappa shape index (κ1) is 15.5. The smallest absolute Gasteiger partial charge is 0.223 e. The SMILES string of the molecule is Cc1cc(-c2cnc(NCc3ccncc3)nc2-c2cccs2)on1. The van der Waals surface area contributed by atoms with Crippen LogP contribution < -0.4 is 5.32 Å². The van der Waals surface area contributed by atoms with E-state index in [1.807, 2.05) is 42.6 Å². The van der Waals surface area contributed by atoms with Crippen molar-refractivity contribution in [2.75, 3.05) is 5.32 Å². The molecule has 4 aromatic heterocycles. The Morgan fingerprint density at radius 3 is 2.80 bits per heavy atom. The van der Waals surface area contributed by atoms with Crippen LogP contribution in [0.5, 0.6) is 0 Å². The molecule has 0 aliphatic carbocycles. The minimum absolute atomic E-state index is 0.570. The van der Waals surface area contributed by atoms with Crippen molar-refractivity contribution in [3.05, 3.63) is 65.6 Å². The summed E-state index contributed by atoms with van der Waals surface area (Å²) < 4.78 is 5.41. The Morgan fingerprint density at radius 1 is 1.20 bits per heavy atom. The number of aryl methyl sites for hydroxylation is 1. The lowest BCUT2D eigenvalue weighted by Crippen LogP contribution is -2.04. The fourth-order valence-corrected chi connectivity index (χ4v) is 3.15. The Morgan fingerprint density at radius 2 is 2.08 bits per heavy atom. The number of rotatable bonds is 5. The highest BCUT2D eigenvalue weighted by atomic mass is 32.1. The molecule has 0 fully saturated rings. The molecule has 0 saturated carbocycles. The van der Waals surface area contributed by atoms with Gasteiger partial charge in [-0.2, -0.15) is 0 Å². The van der Waals surface area contributed by atoms with E-state index in [9.17, 15) is 0 Å². The van der Waals surface area contributed by atoms with Gasteiger partial charge in [0.25, 0.3) is 0 Å². The number of pyridine rings is 1. The second kappa shape index (κ2) is 6.82. The molecule has 124 valence electrons. The lowest BCUT2D eigenvalue weighted by molar-refractivity contribution is 0.427. The molecule has 0 saturated heterocycles. The number of hydrogen-bond donors (Lipinski definition) is 1. The van der Waals surface area contributed by atoms with Crippen LogP contribution in [0.1, 0.15) is 11.3 Å². The van der Waals surface area contributed by atoms with Crippen molar-refractivity contribution >= 4 is 17.3 Å². The molecule has 0 spiro atoms. The van der Waals surface area contributed by atoms with Gasteiger partial charge in [-0.25, -0.2) is 9.97 Å². The highest BCUT2D eigenvalue weighted by molar-refractivity contribution is 7.13. The van der Waals surface area contributed by atoms with Crippen molar-refractivity contribution in [1.29, 1.82) is 0 Å². The third-order valence-electron chi connectivity index (χ3n) is 3.64. The van der Waals surface area contributed by atoms with E-state index in [1.165, 1.54) is 0 Å². The minimum atomic E-state index is 0.570. The number of aromatic nitrogens is 4. The average Bonchev–Trinajstić information content (AvgIpc) is 3.32. The van der Waals surface area contributed by atoms with Gasteiger partial charge < -0.3 is 9.84 Å². The standard InChI is InChI=1S/C18H15N5OS/c1-12-9-15(24-23-12)14-11-21-18(20-10-13-4-6-19-7-5-13)22-17(14)16-3-2-8-25-16/h2-9,11H,10H2,1H3,(H,20,21,22). The van der Waals surface area contributed by atoms with Crippen LogP contribution in [0.4, 0.5) is 5.95 Å². The first-order valence-corrected chi connectivity index (χ1v) is 8.65. The van der Waals surface area contributed by atoms with Gasteiger partial charge in [0, 0.05) is 31.2 Å². The van der Waals surface area contributed by atoms with Crippen LogP contribution in [-0.2, 0) is 6.54 Å². The summed E-state index contributed by atoms with van der Waals surface area (Å²) in [6.07, 6.45) is 5.31. The second-order valence-corrected chi connectivity index (χ2v) is 6.42. The van der Waals surface area contributed by atoms with E-state index in [0.717, 1.165) is 27.4 Å². The maximum absolute atomic E-state index is 5.41. The summed E-state index contributed by atoms with van der Waals surface area (Å²) in [4.78, 5) is 14.2. The van der Waals surface area contributed by atoms with Gasteiger partial charge in [-0.1, -0.05) is 11.2 Å². The van der Waals surface area contributed by atoms with E-state index >= 15 is 0 Å². The minimum Gasteiger partial charge on any atom is -0.356 e. The molecule has 0 atom stereocenters. The molecule has 25 heavy (non-hydrogen) atoms. The molecule has 7 heteroatoms. The van der Waals surface area contributed by atoms with Gasteiger partial charge in [-0.3, -0.25) is 4.98 Å². The van der Waals surface area contributed by atoms with Crippen molar-refractivity contribution in [2.24, 2.45) is 0 Å². The van der Waals surface area contributed by atoms with Crippen LogP contribution >= 0.6 is 11.3 Å². The Hall–Kier alpha value is -3.06. The lowest BCUT2D eigenvalue weighted by Gasteiger charge is -2.09. The maximum Gasteiger partial charge on any atom is 0.223 e. The van der Waals surface area contributed by atoms with Gasteiger partial charge in [0.1, 0.15) is 0 Å². The quantitative estimate of drug-likeness (QED) is 0.582. The summed E-state index contributed by atoms with van der Waals surface area (Å²) in [5, 5.41) is 9.25. The molecule has 1 N–H and O–H groups in total. The molecule has 4 aromatic rings. The van der Waals surface area contributed by atoms with Crippen LogP contribution in [-0.4, -0.2) is 20.1 Å². The third kappa shape index (κ3) is 3.41. The van der Waals surface area contributed by atoms with E-state index in [-0.39, 0.29) is 0 Å². The average molecular weight is 349 g/mol. The fourth-order valence-electron chi connectivity index (χ4n) is 2.42. The summed E-state index contributed by atoms with van der Waals surface area (Å²) >= 11 is 1.63. The molecule has 0 aromatic carbocycles. The monoisotopic (exact) mass is 349 g/mol. The maximum atomic E-state index is 5.41. The molecule has 0 aliphatic rings. The summed E-state index contributed by atoms with van der Waals surface area (Å²) in [6, 6.07) is 9.84. The Balaban J connectivity index is 1.67. The predicted molar refractivity (Wildman–Crippen MR) is 97.1 cm³/mol. The topological polar surface area (TPSA) is 76.7 Å². The van der Waals surface area contributed by atoms with E-state index in [0.29, 0.717) is 18.3 Å². The van der Waals surface area contributed by atoms with Crippen molar-refractivity contribution in [3.63, 3.8) is 0 Å². The Labute approximate surface area is 148 Å². The van der Waals surface area contributed by atoms with E-state index < -0.39 is 0 Å². The van der Waals surface area contributed by atoms with E-state index in [2.05, 4.69) is 20.4 Å². The second-order valence-electron chi connectivity index (χ2n) is 5.47. The van der Waals surface area contributed by atoms with Gasteiger partial charge in [-0.05, 0) is 36.1 Å². The van der Waals surface area contributed by atoms with E-state index in [1.54, 1.807) is 29.9 Å². The third-order valence-corrected chi connectivity index (χ3v) is 4.51. The van der Waals surface area contributed by atoms with Gasteiger partial charge >= 0.3 is 0 Å². The van der Waals surface area contributed by atoms with Crippen molar-refractivity contribution in [2.45, 2.75) is 13.5 Å². The normalized spacial score (nSPS) is 10.8. The van der Waals surface area contributed by atoms with Crippen LogP contribution in [0.3, 0.4) is 0 Å². The van der Waals surface area contributed by atoms with Crippen LogP contribution in [0.2, 0.25) is 0 Å². The molecule has 0 aliphatic heterocycles. The van der Waals surface area contributed by atoms with Crippen molar-refractivity contribution < 1.29 is 4.52 Å². The zero-order valence-corrected chi connectivity index (χ0v) is 14.3. The molecule has 4 rings (SSSR count). The van der Waals surface area contributed by atoms with Crippen LogP contribution in [0.25, 0.3) is 21.9 Å². The Bertz CT molecular complexity index is 966. The highest BCUT2D eigenvalue weighted by Gasteiger charge is 2.16.